The smallest absolute Gasteiger partial charge is 0.119 e. The molecule has 0 aliphatic rings. The maximum atomic E-state index is 5.87. The van der Waals surface area contributed by atoms with E-state index in [0.29, 0.717) is 6.61 Å². The Balaban J connectivity index is 1.71. The van der Waals surface area contributed by atoms with Crippen molar-refractivity contribution >= 4 is 11.6 Å². The van der Waals surface area contributed by atoms with E-state index in [1.54, 1.807) is 0 Å². The molecule has 0 amide bonds. The third-order valence-corrected chi connectivity index (χ3v) is 3.42. The van der Waals surface area contributed by atoms with Gasteiger partial charge in [0.2, 0.25) is 0 Å². The van der Waals surface area contributed by atoms with Gasteiger partial charge in [-0.1, -0.05) is 23.7 Å². The molecule has 0 radical (unpaired) electrons. The van der Waals surface area contributed by atoms with Gasteiger partial charge in [0.25, 0.3) is 0 Å². The summed E-state index contributed by atoms with van der Waals surface area (Å²) in [6.07, 6.45) is 1.06. The summed E-state index contributed by atoms with van der Waals surface area (Å²) in [6, 6.07) is 16.4. The predicted octanol–water partition coefficient (Wildman–Crippen LogP) is 3.04. The molecular weight excluding hydrogens is 270 g/mol. The highest BCUT2D eigenvalue weighted by Gasteiger charge is 1.99. The first-order valence-electron chi connectivity index (χ1n) is 7.06. The molecule has 2 aromatic rings. The molecule has 0 heterocycles. The molecule has 0 aromatic heterocycles. The van der Waals surface area contributed by atoms with E-state index in [2.05, 4.69) is 29.6 Å². The van der Waals surface area contributed by atoms with Crippen molar-refractivity contribution in [2.24, 2.45) is 0 Å². The normalized spacial score (nSPS) is 10.5. The molecule has 2 aromatic carbocycles. The fraction of sp³-hybridized carbons (Fsp3) is 0.294. The minimum absolute atomic E-state index is 0.715. The van der Waals surface area contributed by atoms with Crippen LogP contribution in [0, 0.1) is 0 Å². The van der Waals surface area contributed by atoms with Gasteiger partial charge in [0.05, 0.1) is 13.2 Å². The molecule has 0 aliphatic carbocycles. The van der Waals surface area contributed by atoms with E-state index in [0.717, 1.165) is 30.3 Å². The molecule has 20 heavy (non-hydrogen) atoms. The molecular formula is C17H21ClNO+. The zero-order valence-electron chi connectivity index (χ0n) is 11.8. The second kappa shape index (κ2) is 7.93. The fourth-order valence-corrected chi connectivity index (χ4v) is 2.20. The number of quaternary nitrogens is 1. The molecule has 0 unspecified atom stereocenters. The number of ether oxygens (including phenoxy) is 1. The summed E-state index contributed by atoms with van der Waals surface area (Å²) >= 11 is 5.87. The van der Waals surface area contributed by atoms with Gasteiger partial charge in [0, 0.05) is 17.0 Å². The fourth-order valence-electron chi connectivity index (χ4n) is 2.08. The Bertz CT molecular complexity index is 508. The first-order chi connectivity index (χ1) is 9.78. The summed E-state index contributed by atoms with van der Waals surface area (Å²) in [5, 5.41) is 3.12. The van der Waals surface area contributed by atoms with Gasteiger partial charge in [0.1, 0.15) is 12.3 Å². The summed E-state index contributed by atoms with van der Waals surface area (Å²) in [7, 11) is 0. The largest absolute Gasteiger partial charge is 0.494 e. The van der Waals surface area contributed by atoms with Gasteiger partial charge in [0.15, 0.2) is 0 Å². The zero-order valence-corrected chi connectivity index (χ0v) is 12.6. The Labute approximate surface area is 125 Å². The lowest BCUT2D eigenvalue weighted by Crippen LogP contribution is -2.83. The van der Waals surface area contributed by atoms with E-state index in [-0.39, 0.29) is 0 Å². The van der Waals surface area contributed by atoms with Gasteiger partial charge in [-0.05, 0) is 48.9 Å². The van der Waals surface area contributed by atoms with Crippen molar-refractivity contribution in [2.75, 3.05) is 13.2 Å². The molecule has 0 fully saturated rings. The number of nitrogens with two attached hydrogens (primary N) is 1. The molecule has 0 aliphatic heterocycles. The van der Waals surface area contributed by atoms with Crippen LogP contribution >= 0.6 is 11.6 Å². The van der Waals surface area contributed by atoms with Crippen molar-refractivity contribution in [3.8, 4) is 5.75 Å². The van der Waals surface area contributed by atoms with Crippen molar-refractivity contribution < 1.29 is 10.1 Å². The average molecular weight is 291 g/mol. The van der Waals surface area contributed by atoms with Crippen molar-refractivity contribution in [2.45, 2.75) is 19.9 Å². The molecule has 2 rings (SSSR count). The highest BCUT2D eigenvalue weighted by molar-refractivity contribution is 6.30. The van der Waals surface area contributed by atoms with E-state index < -0.39 is 0 Å². The predicted molar refractivity (Wildman–Crippen MR) is 83.3 cm³/mol. The van der Waals surface area contributed by atoms with Crippen molar-refractivity contribution in [3.63, 3.8) is 0 Å². The van der Waals surface area contributed by atoms with E-state index >= 15 is 0 Å². The lowest BCUT2D eigenvalue weighted by molar-refractivity contribution is -0.670. The topological polar surface area (TPSA) is 25.8 Å². The van der Waals surface area contributed by atoms with Gasteiger partial charge >= 0.3 is 0 Å². The molecule has 3 heteroatoms. The van der Waals surface area contributed by atoms with Crippen LogP contribution in [0.25, 0.3) is 0 Å². The van der Waals surface area contributed by atoms with Gasteiger partial charge in [-0.15, -0.1) is 0 Å². The van der Waals surface area contributed by atoms with Crippen LogP contribution < -0.4 is 10.1 Å². The Morgan fingerprint density at radius 1 is 0.950 bits per heavy atom. The first kappa shape index (κ1) is 14.9. The second-order valence-electron chi connectivity index (χ2n) is 4.73. The molecule has 2 N–H and O–H groups in total. The first-order valence-corrected chi connectivity index (χ1v) is 7.43. The Kier molecular flexibility index (Phi) is 5.90. The number of hydrogen-bond donors (Lipinski definition) is 1. The maximum Gasteiger partial charge on any atom is 0.119 e. The molecule has 0 atom stereocenters. The van der Waals surface area contributed by atoms with E-state index in [1.807, 2.05) is 31.2 Å². The van der Waals surface area contributed by atoms with E-state index in [4.69, 9.17) is 16.3 Å². The Morgan fingerprint density at radius 3 is 2.25 bits per heavy atom. The minimum Gasteiger partial charge on any atom is -0.494 e. The molecule has 0 spiro atoms. The van der Waals surface area contributed by atoms with Crippen LogP contribution in [-0.2, 0) is 13.0 Å². The second-order valence-corrected chi connectivity index (χ2v) is 5.17. The van der Waals surface area contributed by atoms with Gasteiger partial charge in [-0.3, -0.25) is 0 Å². The molecule has 0 saturated carbocycles. The van der Waals surface area contributed by atoms with E-state index in [9.17, 15) is 0 Å². The van der Waals surface area contributed by atoms with Crippen LogP contribution in [0.3, 0.4) is 0 Å². The molecule has 0 bridgehead atoms. The van der Waals surface area contributed by atoms with Gasteiger partial charge < -0.3 is 10.1 Å². The summed E-state index contributed by atoms with van der Waals surface area (Å²) in [4.78, 5) is 0. The summed E-state index contributed by atoms with van der Waals surface area (Å²) in [5.74, 6) is 0.942. The van der Waals surface area contributed by atoms with Crippen LogP contribution in [0.1, 0.15) is 18.1 Å². The van der Waals surface area contributed by atoms with Crippen molar-refractivity contribution in [1.29, 1.82) is 0 Å². The third kappa shape index (κ3) is 4.87. The number of halogens is 1. The quantitative estimate of drug-likeness (QED) is 0.779. The number of hydrogen-bond acceptors (Lipinski definition) is 1. The van der Waals surface area contributed by atoms with Crippen molar-refractivity contribution in [1.82, 2.24) is 0 Å². The maximum absolute atomic E-state index is 5.87. The summed E-state index contributed by atoms with van der Waals surface area (Å²) in [5.41, 5.74) is 2.65. The minimum atomic E-state index is 0.715. The average Bonchev–Trinajstić information content (AvgIpc) is 2.47. The SMILES string of the molecule is CCOc1ccc(C[NH2+]CCc2ccc(Cl)cc2)cc1. The van der Waals surface area contributed by atoms with Crippen LogP contribution in [0.5, 0.6) is 5.75 Å². The van der Waals surface area contributed by atoms with Gasteiger partial charge in [-0.2, -0.15) is 0 Å². The number of rotatable bonds is 7. The zero-order chi connectivity index (χ0) is 14.2. The molecule has 2 nitrogen and oxygen atoms in total. The van der Waals surface area contributed by atoms with Crippen LogP contribution in [0.15, 0.2) is 48.5 Å². The molecule has 0 saturated heterocycles. The monoisotopic (exact) mass is 290 g/mol. The lowest BCUT2D eigenvalue weighted by Gasteiger charge is -2.05. The number of benzene rings is 2. The highest BCUT2D eigenvalue weighted by atomic mass is 35.5. The lowest BCUT2D eigenvalue weighted by atomic mass is 10.1. The van der Waals surface area contributed by atoms with Crippen LogP contribution in [-0.4, -0.2) is 13.2 Å². The standard InChI is InChI=1S/C17H20ClNO/c1-2-20-17-9-5-15(6-10-17)13-19-12-11-14-3-7-16(18)8-4-14/h3-10,19H,2,11-13H2,1H3/p+1. The van der Waals surface area contributed by atoms with Crippen LogP contribution in [0.2, 0.25) is 5.02 Å². The van der Waals surface area contributed by atoms with Gasteiger partial charge in [-0.25, -0.2) is 0 Å². The highest BCUT2D eigenvalue weighted by Crippen LogP contribution is 2.11. The van der Waals surface area contributed by atoms with E-state index in [1.165, 1.54) is 11.1 Å². The van der Waals surface area contributed by atoms with Crippen molar-refractivity contribution in [3.05, 3.63) is 64.7 Å². The van der Waals surface area contributed by atoms with Crippen LogP contribution in [0.4, 0.5) is 0 Å². The summed E-state index contributed by atoms with van der Waals surface area (Å²) in [6.45, 7) is 4.79. The summed E-state index contributed by atoms with van der Waals surface area (Å²) < 4.78 is 5.43. The Morgan fingerprint density at radius 2 is 1.60 bits per heavy atom. The Hall–Kier alpha value is -1.51. The molecule has 106 valence electrons. The third-order valence-electron chi connectivity index (χ3n) is 3.16.